The van der Waals surface area contributed by atoms with E-state index in [0.717, 1.165) is 7.11 Å². The lowest BCUT2D eigenvalue weighted by molar-refractivity contribution is -0.139. The fraction of sp³-hybridized carbons (Fsp3) is 0.444. The van der Waals surface area contributed by atoms with Crippen molar-refractivity contribution in [3.63, 3.8) is 0 Å². The molecule has 0 aromatic carbocycles. The first-order valence-electron chi connectivity index (χ1n) is 4.44. The Morgan fingerprint density at radius 3 is 2.35 bits per heavy atom. The molecule has 0 saturated carbocycles. The molecule has 1 heterocycles. The van der Waals surface area contributed by atoms with Gasteiger partial charge in [-0.15, -0.1) is 0 Å². The summed E-state index contributed by atoms with van der Waals surface area (Å²) >= 11 is 0. The summed E-state index contributed by atoms with van der Waals surface area (Å²) in [6.07, 6.45) is -7.29. The minimum atomic E-state index is -4.83. The summed E-state index contributed by atoms with van der Waals surface area (Å²) in [7, 11) is 0.873. The number of pyridine rings is 1. The highest BCUT2D eigenvalue weighted by atomic mass is 19.4. The molecule has 96 valence electrons. The van der Waals surface area contributed by atoms with Gasteiger partial charge >= 0.3 is 6.18 Å². The summed E-state index contributed by atoms with van der Waals surface area (Å²) < 4.78 is 67.5. The van der Waals surface area contributed by atoms with Crippen LogP contribution in [0.2, 0.25) is 0 Å². The number of aromatic nitrogens is 1. The smallest absolute Gasteiger partial charge is 0.420 e. The van der Waals surface area contributed by atoms with Crippen molar-refractivity contribution in [2.24, 2.45) is 5.73 Å². The van der Waals surface area contributed by atoms with Crippen molar-refractivity contribution in [2.75, 3.05) is 7.11 Å². The molecular weight excluding hydrogens is 247 g/mol. The maximum Gasteiger partial charge on any atom is 0.420 e. The van der Waals surface area contributed by atoms with Gasteiger partial charge < -0.3 is 10.5 Å². The number of hydrogen-bond acceptors (Lipinski definition) is 3. The molecule has 0 unspecified atom stereocenters. The Hall–Kier alpha value is -1.44. The van der Waals surface area contributed by atoms with Crippen LogP contribution in [0.25, 0.3) is 0 Å². The van der Waals surface area contributed by atoms with Crippen molar-refractivity contribution in [2.45, 2.75) is 19.1 Å². The molecule has 0 fully saturated rings. The molecule has 0 aliphatic rings. The number of nitrogens with two attached hydrogens (primary N) is 1. The molecule has 0 aliphatic heterocycles. The predicted molar refractivity (Wildman–Crippen MR) is 48.6 cm³/mol. The lowest BCUT2D eigenvalue weighted by Crippen LogP contribution is -2.16. The molecule has 0 radical (unpaired) electrons. The number of rotatable bonds is 3. The number of hydrogen-bond donors (Lipinski definition) is 1. The lowest BCUT2D eigenvalue weighted by atomic mass is 10.1. The molecule has 1 aromatic heterocycles. The molecule has 17 heavy (non-hydrogen) atoms. The van der Waals surface area contributed by atoms with Gasteiger partial charge in [0, 0.05) is 18.3 Å². The third-order valence-electron chi connectivity index (χ3n) is 2.05. The van der Waals surface area contributed by atoms with Crippen LogP contribution in [-0.2, 0) is 12.7 Å². The van der Waals surface area contributed by atoms with E-state index in [1.165, 1.54) is 0 Å². The van der Waals surface area contributed by atoms with E-state index >= 15 is 0 Å². The summed E-state index contributed by atoms with van der Waals surface area (Å²) in [5.74, 6) is -0.976. The third kappa shape index (κ3) is 2.63. The molecule has 0 bridgehead atoms. The highest BCUT2D eigenvalue weighted by Gasteiger charge is 2.39. The predicted octanol–water partition coefficient (Wildman–Crippen LogP) is 2.51. The van der Waals surface area contributed by atoms with Crippen LogP contribution < -0.4 is 10.5 Å². The quantitative estimate of drug-likeness (QED) is 0.845. The molecule has 2 N–H and O–H groups in total. The number of alkyl halides is 5. The van der Waals surface area contributed by atoms with E-state index in [1.807, 2.05) is 0 Å². The van der Waals surface area contributed by atoms with Crippen molar-refractivity contribution in [1.82, 2.24) is 4.98 Å². The average molecular weight is 256 g/mol. The minimum absolute atomic E-state index is 0.390. The van der Waals surface area contributed by atoms with Gasteiger partial charge in [-0.3, -0.25) is 4.98 Å². The molecule has 0 atom stereocenters. The van der Waals surface area contributed by atoms with Crippen molar-refractivity contribution >= 4 is 0 Å². The van der Waals surface area contributed by atoms with Gasteiger partial charge in [0.2, 0.25) is 0 Å². The highest BCUT2D eigenvalue weighted by molar-refractivity contribution is 5.44. The normalized spacial score (nSPS) is 12.0. The van der Waals surface area contributed by atoms with E-state index in [9.17, 15) is 22.0 Å². The van der Waals surface area contributed by atoms with E-state index < -0.39 is 41.7 Å². The Balaban J connectivity index is 3.55. The van der Waals surface area contributed by atoms with E-state index in [0.29, 0.717) is 6.20 Å². The molecule has 0 saturated heterocycles. The second-order valence-electron chi connectivity index (χ2n) is 3.08. The Bertz CT molecular complexity index is 405. The fourth-order valence-corrected chi connectivity index (χ4v) is 1.37. The van der Waals surface area contributed by atoms with Gasteiger partial charge in [0.15, 0.2) is 5.75 Å². The standard InChI is InChI=1S/C9H9F5N2O/c1-17-7-5(9(12,13)14)4(2-15)3-16-6(7)8(10)11/h3,8H,2,15H2,1H3. The highest BCUT2D eigenvalue weighted by Crippen LogP contribution is 2.42. The fourth-order valence-electron chi connectivity index (χ4n) is 1.37. The molecule has 0 spiro atoms. The Morgan fingerprint density at radius 2 is 2.00 bits per heavy atom. The molecule has 0 amide bonds. The van der Waals surface area contributed by atoms with E-state index in [1.54, 1.807) is 0 Å². The number of ether oxygens (including phenoxy) is 1. The Labute approximate surface area is 93.4 Å². The molecule has 1 aromatic rings. The molecule has 8 heteroatoms. The van der Waals surface area contributed by atoms with E-state index in [4.69, 9.17) is 5.73 Å². The van der Waals surface area contributed by atoms with Crippen molar-refractivity contribution in [3.05, 3.63) is 23.0 Å². The van der Waals surface area contributed by atoms with Crippen molar-refractivity contribution in [1.29, 1.82) is 0 Å². The zero-order chi connectivity index (χ0) is 13.2. The zero-order valence-corrected chi connectivity index (χ0v) is 8.68. The monoisotopic (exact) mass is 256 g/mol. The summed E-state index contributed by atoms with van der Waals surface area (Å²) in [6, 6.07) is 0. The number of nitrogens with zero attached hydrogens (tertiary/aromatic N) is 1. The van der Waals surface area contributed by atoms with Gasteiger partial charge in [-0.2, -0.15) is 13.2 Å². The first-order valence-corrected chi connectivity index (χ1v) is 4.44. The van der Waals surface area contributed by atoms with Crippen LogP contribution in [0.15, 0.2) is 6.20 Å². The van der Waals surface area contributed by atoms with Gasteiger partial charge in [0.25, 0.3) is 6.43 Å². The second kappa shape index (κ2) is 4.82. The maximum absolute atomic E-state index is 12.7. The summed E-state index contributed by atoms with van der Waals surface area (Å²) in [6.45, 7) is -0.471. The van der Waals surface area contributed by atoms with Gasteiger partial charge in [0.05, 0.1) is 7.11 Å². The summed E-state index contributed by atoms with van der Waals surface area (Å²) in [4.78, 5) is 3.24. The van der Waals surface area contributed by atoms with Gasteiger partial charge in [-0.05, 0) is 0 Å². The van der Waals surface area contributed by atoms with Gasteiger partial charge in [0.1, 0.15) is 11.3 Å². The Morgan fingerprint density at radius 1 is 1.41 bits per heavy atom. The van der Waals surface area contributed by atoms with Crippen molar-refractivity contribution < 1.29 is 26.7 Å². The van der Waals surface area contributed by atoms with Crippen LogP contribution in [0.5, 0.6) is 5.75 Å². The number of halogens is 5. The topological polar surface area (TPSA) is 48.1 Å². The summed E-state index contributed by atoms with van der Waals surface area (Å²) in [5.41, 5.74) is 2.38. The molecule has 0 aliphatic carbocycles. The maximum atomic E-state index is 12.7. The van der Waals surface area contributed by atoms with Crippen LogP contribution in [0, 0.1) is 0 Å². The van der Waals surface area contributed by atoms with E-state index in [2.05, 4.69) is 9.72 Å². The lowest BCUT2D eigenvalue weighted by Gasteiger charge is -2.17. The second-order valence-corrected chi connectivity index (χ2v) is 3.08. The van der Waals surface area contributed by atoms with Crippen LogP contribution in [0.4, 0.5) is 22.0 Å². The number of methoxy groups -OCH3 is 1. The first kappa shape index (κ1) is 13.6. The van der Waals surface area contributed by atoms with Crippen molar-refractivity contribution in [3.8, 4) is 5.75 Å². The van der Waals surface area contributed by atoms with Crippen LogP contribution in [0.3, 0.4) is 0 Å². The SMILES string of the molecule is COc1c(C(F)F)ncc(CN)c1C(F)(F)F. The average Bonchev–Trinajstić information content (AvgIpc) is 2.25. The molecule has 1 rings (SSSR count). The van der Waals surface area contributed by atoms with Crippen LogP contribution in [-0.4, -0.2) is 12.1 Å². The van der Waals surface area contributed by atoms with Gasteiger partial charge in [-0.25, -0.2) is 8.78 Å². The van der Waals surface area contributed by atoms with Crippen LogP contribution in [0.1, 0.15) is 23.2 Å². The third-order valence-corrected chi connectivity index (χ3v) is 2.05. The zero-order valence-electron chi connectivity index (χ0n) is 8.68. The largest absolute Gasteiger partial charge is 0.494 e. The molecular formula is C9H9F5N2O. The van der Waals surface area contributed by atoms with Crippen LogP contribution >= 0.6 is 0 Å². The summed E-state index contributed by atoms with van der Waals surface area (Å²) in [5, 5.41) is 0. The molecule has 3 nitrogen and oxygen atoms in total. The van der Waals surface area contributed by atoms with E-state index in [-0.39, 0.29) is 0 Å². The van der Waals surface area contributed by atoms with Gasteiger partial charge in [-0.1, -0.05) is 0 Å². The first-order chi connectivity index (χ1) is 7.82. The Kier molecular flexibility index (Phi) is 3.87. The minimum Gasteiger partial charge on any atom is -0.494 e.